The summed E-state index contributed by atoms with van der Waals surface area (Å²) in [6.45, 7) is 1.56. The average Bonchev–Trinajstić information content (AvgIpc) is 2.96. The Balaban J connectivity index is 1.62. The predicted octanol–water partition coefficient (Wildman–Crippen LogP) is 2.67. The number of carbonyl (C=O) groups is 3. The molecule has 4 rings (SSSR count). The molecule has 0 saturated carbocycles. The van der Waals surface area contributed by atoms with Crippen molar-refractivity contribution in [3.8, 4) is 5.75 Å². The van der Waals surface area contributed by atoms with Crippen LogP contribution >= 0.6 is 0 Å². The van der Waals surface area contributed by atoms with E-state index in [-0.39, 0.29) is 19.1 Å². The molecule has 0 spiro atoms. The molecule has 7 nitrogen and oxygen atoms in total. The minimum atomic E-state index is -1.17. The molecule has 1 unspecified atom stereocenters. The van der Waals surface area contributed by atoms with Gasteiger partial charge < -0.3 is 15.8 Å². The van der Waals surface area contributed by atoms with Gasteiger partial charge in [-0.15, -0.1) is 0 Å². The molecule has 152 valence electrons. The molecule has 3 aromatic rings. The van der Waals surface area contributed by atoms with E-state index < -0.39 is 17.5 Å². The van der Waals surface area contributed by atoms with Crippen molar-refractivity contribution in [1.82, 2.24) is 10.2 Å². The first kappa shape index (κ1) is 19.4. The van der Waals surface area contributed by atoms with Crippen molar-refractivity contribution < 1.29 is 19.1 Å². The number of nitrogens with two attached hydrogens (primary N) is 1. The molecule has 3 N–H and O–H groups in total. The summed E-state index contributed by atoms with van der Waals surface area (Å²) in [5.74, 6) is -0.470. The Kier molecular flexibility index (Phi) is 4.87. The Morgan fingerprint density at radius 1 is 1.07 bits per heavy atom. The second kappa shape index (κ2) is 7.51. The highest BCUT2D eigenvalue weighted by molar-refractivity contribution is 6.09. The van der Waals surface area contributed by atoms with E-state index in [9.17, 15) is 14.4 Å². The second-order valence-corrected chi connectivity index (χ2v) is 7.38. The first-order valence-electron chi connectivity index (χ1n) is 9.51. The largest absolute Gasteiger partial charge is 0.484 e. The minimum Gasteiger partial charge on any atom is -0.484 e. The van der Waals surface area contributed by atoms with Crippen molar-refractivity contribution in [2.75, 3.05) is 6.61 Å². The third-order valence-corrected chi connectivity index (χ3v) is 5.22. The van der Waals surface area contributed by atoms with Gasteiger partial charge in [0.25, 0.3) is 11.8 Å². The number of urea groups is 1. The number of benzene rings is 3. The minimum absolute atomic E-state index is 0.0821. The highest BCUT2D eigenvalue weighted by Gasteiger charge is 2.49. The summed E-state index contributed by atoms with van der Waals surface area (Å²) in [5, 5.41) is 4.77. The highest BCUT2D eigenvalue weighted by atomic mass is 16.5. The van der Waals surface area contributed by atoms with Gasteiger partial charge >= 0.3 is 6.03 Å². The van der Waals surface area contributed by atoms with Crippen LogP contribution in [0.3, 0.4) is 0 Å². The number of rotatable bonds is 6. The lowest BCUT2D eigenvalue weighted by molar-refractivity contribution is -0.131. The zero-order valence-corrected chi connectivity index (χ0v) is 16.4. The molecule has 0 bridgehead atoms. The number of nitrogens with one attached hydrogen (secondary N) is 1. The summed E-state index contributed by atoms with van der Waals surface area (Å²) in [5.41, 5.74) is 5.38. The summed E-state index contributed by atoms with van der Waals surface area (Å²) in [7, 11) is 0. The van der Waals surface area contributed by atoms with Gasteiger partial charge in [0, 0.05) is 0 Å². The van der Waals surface area contributed by atoms with Gasteiger partial charge in [-0.1, -0.05) is 54.6 Å². The van der Waals surface area contributed by atoms with Gasteiger partial charge in [0.15, 0.2) is 6.61 Å². The number of ether oxygens (including phenoxy) is 1. The number of hydrogen-bond acceptors (Lipinski definition) is 4. The lowest BCUT2D eigenvalue weighted by atomic mass is 9.88. The van der Waals surface area contributed by atoms with E-state index in [1.807, 2.05) is 42.5 Å². The van der Waals surface area contributed by atoms with Crippen molar-refractivity contribution in [3.63, 3.8) is 0 Å². The fourth-order valence-electron chi connectivity index (χ4n) is 3.76. The Bertz CT molecular complexity index is 1150. The maximum absolute atomic E-state index is 13.3. The number of carbonyl (C=O) groups excluding carboxylic acids is 3. The Morgan fingerprint density at radius 3 is 2.60 bits per heavy atom. The molecular formula is C23H21N3O4. The van der Waals surface area contributed by atoms with Crippen LogP contribution in [0.1, 0.15) is 18.1 Å². The third-order valence-electron chi connectivity index (χ3n) is 5.22. The topological polar surface area (TPSA) is 102 Å². The molecule has 1 atom stereocenters. The number of amides is 4. The summed E-state index contributed by atoms with van der Waals surface area (Å²) in [6, 6.07) is 19.9. The molecule has 0 aromatic heterocycles. The maximum Gasteiger partial charge on any atom is 0.325 e. The summed E-state index contributed by atoms with van der Waals surface area (Å²) in [6.07, 6.45) is 0. The molecule has 1 fully saturated rings. The van der Waals surface area contributed by atoms with Crippen LogP contribution in [0.25, 0.3) is 10.8 Å². The molecule has 1 aliphatic heterocycles. The van der Waals surface area contributed by atoms with Gasteiger partial charge in [0.2, 0.25) is 0 Å². The second-order valence-electron chi connectivity index (χ2n) is 7.38. The monoisotopic (exact) mass is 403 g/mol. The molecule has 0 radical (unpaired) electrons. The van der Waals surface area contributed by atoms with E-state index in [2.05, 4.69) is 5.32 Å². The van der Waals surface area contributed by atoms with E-state index in [0.29, 0.717) is 11.3 Å². The van der Waals surface area contributed by atoms with E-state index in [0.717, 1.165) is 16.3 Å². The molecular weight excluding hydrogens is 382 g/mol. The number of fused-ring (bicyclic) bond motifs is 1. The van der Waals surface area contributed by atoms with Gasteiger partial charge in [-0.3, -0.25) is 14.5 Å². The molecule has 1 saturated heterocycles. The van der Waals surface area contributed by atoms with Gasteiger partial charge in [0.05, 0.1) is 6.54 Å². The van der Waals surface area contributed by atoms with Crippen molar-refractivity contribution >= 4 is 28.6 Å². The fourth-order valence-corrected chi connectivity index (χ4v) is 3.76. The first-order valence-corrected chi connectivity index (χ1v) is 9.51. The van der Waals surface area contributed by atoms with Crippen LogP contribution in [0.2, 0.25) is 0 Å². The van der Waals surface area contributed by atoms with Crippen LogP contribution in [-0.2, 0) is 21.7 Å². The van der Waals surface area contributed by atoms with Gasteiger partial charge in [-0.2, -0.15) is 0 Å². The summed E-state index contributed by atoms with van der Waals surface area (Å²) < 4.78 is 5.31. The molecule has 7 heteroatoms. The van der Waals surface area contributed by atoms with Crippen LogP contribution in [0.4, 0.5) is 4.79 Å². The molecule has 1 aliphatic rings. The molecule has 1 heterocycles. The lowest BCUT2D eigenvalue weighted by Gasteiger charge is -2.24. The van der Waals surface area contributed by atoms with E-state index in [1.54, 1.807) is 31.2 Å². The molecule has 0 aliphatic carbocycles. The van der Waals surface area contributed by atoms with Crippen molar-refractivity contribution in [2.24, 2.45) is 5.73 Å². The molecule has 3 aromatic carbocycles. The van der Waals surface area contributed by atoms with Gasteiger partial charge in [0.1, 0.15) is 11.3 Å². The fraction of sp³-hybridized carbons (Fsp3) is 0.174. The third kappa shape index (κ3) is 3.45. The predicted molar refractivity (Wildman–Crippen MR) is 112 cm³/mol. The average molecular weight is 403 g/mol. The first-order chi connectivity index (χ1) is 14.4. The summed E-state index contributed by atoms with van der Waals surface area (Å²) >= 11 is 0. The Labute approximate surface area is 173 Å². The zero-order chi connectivity index (χ0) is 21.3. The van der Waals surface area contributed by atoms with Gasteiger partial charge in [-0.25, -0.2) is 4.79 Å². The number of hydrogen-bond donors (Lipinski definition) is 2. The normalized spacial score (nSPS) is 18.5. The van der Waals surface area contributed by atoms with Crippen molar-refractivity contribution in [2.45, 2.75) is 19.0 Å². The Hall–Kier alpha value is -3.87. The maximum atomic E-state index is 13.3. The highest BCUT2D eigenvalue weighted by Crippen LogP contribution is 2.34. The van der Waals surface area contributed by atoms with Crippen molar-refractivity contribution in [3.05, 3.63) is 77.9 Å². The smallest absolute Gasteiger partial charge is 0.325 e. The SMILES string of the molecule is CC1(c2cccc3ccccc23)NC(=O)N(Cc2cccc(OCC(N)=O)c2)C1=O. The van der Waals surface area contributed by atoms with E-state index in [1.165, 1.54) is 4.90 Å². The summed E-state index contributed by atoms with van der Waals surface area (Å²) in [4.78, 5) is 38.2. The van der Waals surface area contributed by atoms with Gasteiger partial charge in [-0.05, 0) is 41.0 Å². The number of nitrogens with zero attached hydrogens (tertiary/aromatic N) is 1. The van der Waals surface area contributed by atoms with Crippen LogP contribution in [0.15, 0.2) is 66.7 Å². The molecule has 30 heavy (non-hydrogen) atoms. The lowest BCUT2D eigenvalue weighted by Crippen LogP contribution is -2.41. The standard InChI is InChI=1S/C23H21N3O4/c1-23(19-11-5-8-16-7-2-3-10-18(16)19)21(28)26(22(29)25-23)13-15-6-4-9-17(12-15)30-14-20(24)27/h2-12H,13-14H2,1H3,(H2,24,27)(H,25,29). The number of imide groups is 1. The van der Waals surface area contributed by atoms with Crippen molar-refractivity contribution in [1.29, 1.82) is 0 Å². The molecule has 4 amide bonds. The van der Waals surface area contributed by atoms with Crippen LogP contribution < -0.4 is 15.8 Å². The van der Waals surface area contributed by atoms with E-state index >= 15 is 0 Å². The van der Waals surface area contributed by atoms with E-state index in [4.69, 9.17) is 10.5 Å². The Morgan fingerprint density at radius 2 is 1.80 bits per heavy atom. The van der Waals surface area contributed by atoms with Crippen LogP contribution in [0.5, 0.6) is 5.75 Å². The quantitative estimate of drug-likeness (QED) is 0.618. The van der Waals surface area contributed by atoms with Crippen LogP contribution in [-0.4, -0.2) is 29.4 Å². The van der Waals surface area contributed by atoms with Crippen LogP contribution in [0, 0.1) is 0 Å². The number of primary amides is 1. The zero-order valence-electron chi connectivity index (χ0n) is 16.4.